The van der Waals surface area contributed by atoms with Gasteiger partial charge in [0.25, 0.3) is 5.91 Å². The van der Waals surface area contributed by atoms with Gasteiger partial charge in [-0.1, -0.05) is 55.9 Å². The van der Waals surface area contributed by atoms with Crippen molar-refractivity contribution in [3.8, 4) is 11.4 Å². The highest BCUT2D eigenvalue weighted by Crippen LogP contribution is 2.33. The number of carbonyl (C=O) groups is 2. The molecule has 0 unspecified atom stereocenters. The highest BCUT2D eigenvalue weighted by atomic mass is 32.2. The maximum atomic E-state index is 12.7. The molecular weight excluding hydrogens is 593 g/mol. The zero-order chi connectivity index (χ0) is 31.4. The molecule has 226 valence electrons. The van der Waals surface area contributed by atoms with Crippen LogP contribution in [0.25, 0.3) is 5.69 Å². The maximum Gasteiger partial charge on any atom is 0.573 e. The van der Waals surface area contributed by atoms with Crippen LogP contribution in [0.3, 0.4) is 0 Å². The second-order valence-corrected chi connectivity index (χ2v) is 11.0. The minimum atomic E-state index is -4.81. The number of alkyl halides is 3. The van der Waals surface area contributed by atoms with Crippen molar-refractivity contribution in [3.05, 3.63) is 101 Å². The lowest BCUT2D eigenvalue weighted by Gasteiger charge is -2.20. The molecule has 3 aromatic carbocycles. The van der Waals surface area contributed by atoms with E-state index in [1.165, 1.54) is 23.9 Å². The number of anilines is 2. The van der Waals surface area contributed by atoms with Gasteiger partial charge in [0.1, 0.15) is 5.75 Å². The van der Waals surface area contributed by atoms with Crippen molar-refractivity contribution in [2.75, 3.05) is 16.0 Å². The van der Waals surface area contributed by atoms with E-state index in [9.17, 15) is 22.8 Å². The van der Waals surface area contributed by atoms with Crippen LogP contribution in [-0.4, -0.2) is 45.1 Å². The number of aryl methyl sites for hydroxylation is 1. The van der Waals surface area contributed by atoms with Crippen LogP contribution in [0.1, 0.15) is 46.9 Å². The van der Waals surface area contributed by atoms with Gasteiger partial charge in [-0.3, -0.25) is 14.5 Å². The molecule has 1 N–H and O–H groups in total. The zero-order valence-electron chi connectivity index (χ0n) is 23.9. The number of amidine groups is 1. The quantitative estimate of drug-likeness (QED) is 0.170. The third kappa shape index (κ3) is 7.17. The minimum absolute atomic E-state index is 0.0417. The van der Waals surface area contributed by atoms with E-state index in [1.54, 1.807) is 28.9 Å². The summed E-state index contributed by atoms with van der Waals surface area (Å²) in [7, 11) is 0. The van der Waals surface area contributed by atoms with Crippen molar-refractivity contribution in [2.24, 2.45) is 10.2 Å². The van der Waals surface area contributed by atoms with Gasteiger partial charge in [0.05, 0.1) is 40.9 Å². The van der Waals surface area contributed by atoms with E-state index in [1.807, 2.05) is 48.5 Å². The van der Waals surface area contributed by atoms with Gasteiger partial charge in [-0.2, -0.15) is 10.2 Å². The highest BCUT2D eigenvalue weighted by Gasteiger charge is 2.32. The van der Waals surface area contributed by atoms with Crippen molar-refractivity contribution in [1.29, 1.82) is 0 Å². The number of carbonyl (C=O) groups excluding carboxylic acids is 2. The van der Waals surface area contributed by atoms with Crippen molar-refractivity contribution in [2.45, 2.75) is 33.1 Å². The first-order chi connectivity index (χ1) is 21.0. The number of ether oxygens (including phenoxy) is 1. The Bertz CT molecular complexity index is 1730. The van der Waals surface area contributed by atoms with Gasteiger partial charge in [-0.25, -0.2) is 4.68 Å². The van der Waals surface area contributed by atoms with Crippen molar-refractivity contribution >= 4 is 46.3 Å². The fraction of sp³-hybridized carbons (Fsp3) is 0.194. The SMILES string of the molecule is Cc1nn(-c2ccc(/C=N/N=C3\SCC(=O)N3c3ccccc3C(C)C)cc2)cc1NC(=O)c1ccc(OC(F)(F)F)cc1. The van der Waals surface area contributed by atoms with E-state index in [2.05, 4.69) is 39.2 Å². The fourth-order valence-electron chi connectivity index (χ4n) is 4.43. The first kappa shape index (κ1) is 30.5. The molecule has 0 aliphatic carbocycles. The Hall–Kier alpha value is -4.91. The Morgan fingerprint density at radius 1 is 1.07 bits per heavy atom. The average molecular weight is 621 g/mol. The van der Waals surface area contributed by atoms with Gasteiger partial charge in [0.15, 0.2) is 5.17 Å². The smallest absolute Gasteiger partial charge is 0.406 e. The molecule has 1 aromatic heterocycles. The molecule has 0 atom stereocenters. The molecule has 1 aliphatic heterocycles. The molecule has 0 saturated carbocycles. The summed E-state index contributed by atoms with van der Waals surface area (Å²) in [4.78, 5) is 27.0. The van der Waals surface area contributed by atoms with Crippen molar-refractivity contribution < 1.29 is 27.5 Å². The molecule has 13 heteroatoms. The number of nitrogens with zero attached hydrogens (tertiary/aromatic N) is 5. The predicted molar refractivity (Wildman–Crippen MR) is 165 cm³/mol. The summed E-state index contributed by atoms with van der Waals surface area (Å²) in [6, 6.07) is 19.7. The molecular formula is C31H27F3N6O3S. The molecule has 1 fully saturated rings. The lowest BCUT2D eigenvalue weighted by Crippen LogP contribution is -2.30. The Balaban J connectivity index is 1.25. The summed E-state index contributed by atoms with van der Waals surface area (Å²) in [5.41, 5.74) is 4.51. The van der Waals surface area contributed by atoms with E-state index in [-0.39, 0.29) is 17.4 Å². The van der Waals surface area contributed by atoms with E-state index in [0.717, 1.165) is 34.6 Å². The summed E-state index contributed by atoms with van der Waals surface area (Å²) in [6.45, 7) is 5.88. The number of thioether (sulfide) groups is 1. The van der Waals surface area contributed by atoms with Crippen LogP contribution in [0, 0.1) is 6.92 Å². The second kappa shape index (κ2) is 12.8. The van der Waals surface area contributed by atoms with Gasteiger partial charge in [-0.05, 0) is 66.4 Å². The van der Waals surface area contributed by atoms with E-state index < -0.39 is 18.0 Å². The standard InChI is InChI=1S/C31H27F3N6O3S/c1-19(2)25-6-4-5-7-27(25)40-28(41)18-44-30(40)37-35-16-21-8-12-23(13-9-21)39-17-26(20(3)38-39)36-29(42)22-10-14-24(15-11-22)43-31(32,33)34/h4-17,19H,18H2,1-3H3,(H,36,42)/b35-16+,37-30-. The molecule has 4 aromatic rings. The number of aromatic nitrogens is 2. The summed E-state index contributed by atoms with van der Waals surface area (Å²) in [5, 5.41) is 16.3. The second-order valence-electron chi connectivity index (χ2n) is 10.0. The first-order valence-corrected chi connectivity index (χ1v) is 14.5. The topological polar surface area (TPSA) is 101 Å². The van der Waals surface area contributed by atoms with Gasteiger partial charge in [-0.15, -0.1) is 18.3 Å². The monoisotopic (exact) mass is 620 g/mol. The van der Waals surface area contributed by atoms with E-state index in [4.69, 9.17) is 0 Å². The molecule has 0 radical (unpaired) electrons. The highest BCUT2D eigenvalue weighted by molar-refractivity contribution is 8.15. The Labute approximate surface area is 255 Å². The van der Waals surface area contributed by atoms with Gasteiger partial charge in [0.2, 0.25) is 5.91 Å². The lowest BCUT2D eigenvalue weighted by atomic mass is 10.0. The number of halogens is 3. The molecule has 1 saturated heterocycles. The van der Waals surface area contributed by atoms with E-state index >= 15 is 0 Å². The third-order valence-electron chi connectivity index (χ3n) is 6.57. The van der Waals surface area contributed by atoms with Crippen LogP contribution in [0.2, 0.25) is 0 Å². The average Bonchev–Trinajstić information content (AvgIpc) is 3.54. The predicted octanol–water partition coefficient (Wildman–Crippen LogP) is 6.92. The van der Waals surface area contributed by atoms with Crippen LogP contribution >= 0.6 is 11.8 Å². The minimum Gasteiger partial charge on any atom is -0.406 e. The summed E-state index contributed by atoms with van der Waals surface area (Å²) < 4.78 is 42.6. The molecule has 44 heavy (non-hydrogen) atoms. The summed E-state index contributed by atoms with van der Waals surface area (Å²) in [5.74, 6) is -0.431. The van der Waals surface area contributed by atoms with Crippen molar-refractivity contribution in [3.63, 3.8) is 0 Å². The molecule has 0 spiro atoms. The lowest BCUT2D eigenvalue weighted by molar-refractivity contribution is -0.274. The molecule has 0 bridgehead atoms. The maximum absolute atomic E-state index is 12.7. The van der Waals surface area contributed by atoms with Gasteiger partial charge in [0, 0.05) is 5.56 Å². The summed E-state index contributed by atoms with van der Waals surface area (Å²) >= 11 is 1.34. The number of nitrogens with one attached hydrogen (secondary N) is 1. The van der Waals surface area contributed by atoms with Crippen LogP contribution in [0.15, 0.2) is 89.2 Å². The molecule has 9 nitrogen and oxygen atoms in total. The van der Waals surface area contributed by atoms with Crippen LogP contribution < -0.4 is 15.0 Å². The number of para-hydroxylation sites is 1. The summed E-state index contributed by atoms with van der Waals surface area (Å²) in [6.07, 6.45) is -1.58. The van der Waals surface area contributed by atoms with Gasteiger partial charge < -0.3 is 10.1 Å². The largest absolute Gasteiger partial charge is 0.573 e. The van der Waals surface area contributed by atoms with E-state index in [0.29, 0.717) is 22.3 Å². The fourth-order valence-corrected chi connectivity index (χ4v) is 5.24. The Morgan fingerprint density at radius 2 is 1.77 bits per heavy atom. The van der Waals surface area contributed by atoms with Crippen LogP contribution in [-0.2, 0) is 4.79 Å². The first-order valence-electron chi connectivity index (χ1n) is 13.5. The number of amides is 2. The third-order valence-corrected chi connectivity index (χ3v) is 7.48. The number of hydrogen-bond acceptors (Lipinski definition) is 7. The molecule has 2 heterocycles. The van der Waals surface area contributed by atoms with Crippen molar-refractivity contribution in [1.82, 2.24) is 9.78 Å². The number of benzene rings is 3. The number of hydrogen-bond donors (Lipinski definition) is 1. The van der Waals surface area contributed by atoms with Crippen LogP contribution in [0.4, 0.5) is 24.5 Å². The Morgan fingerprint density at radius 3 is 2.45 bits per heavy atom. The normalized spacial score (nSPS) is 14.7. The molecule has 1 aliphatic rings. The van der Waals surface area contributed by atoms with Gasteiger partial charge >= 0.3 is 6.36 Å². The number of rotatable bonds is 8. The van der Waals surface area contributed by atoms with Crippen LogP contribution in [0.5, 0.6) is 5.75 Å². The molecule has 5 rings (SSSR count). The zero-order valence-corrected chi connectivity index (χ0v) is 24.7. The Kier molecular flexibility index (Phi) is 8.86. The molecule has 2 amide bonds.